The molecule has 0 bridgehead atoms. The molecule has 0 aliphatic heterocycles. The van der Waals surface area contributed by atoms with Crippen LogP contribution in [0.25, 0.3) is 50.1 Å². The van der Waals surface area contributed by atoms with Crippen LogP contribution in [0.4, 0.5) is 0 Å². The van der Waals surface area contributed by atoms with Gasteiger partial charge < -0.3 is 9.84 Å². The van der Waals surface area contributed by atoms with Crippen LogP contribution in [0.15, 0.2) is 187 Å². The molecule has 0 radical (unpaired) electrons. The van der Waals surface area contributed by atoms with Gasteiger partial charge in [0.05, 0.1) is 5.02 Å². The molecule has 0 unspecified atom stereocenters. The zero-order valence-corrected chi connectivity index (χ0v) is 29.9. The van der Waals surface area contributed by atoms with E-state index in [1.54, 1.807) is 17.8 Å². The Morgan fingerprint density at radius 1 is 0.538 bits per heavy atom. The van der Waals surface area contributed by atoms with E-state index in [-0.39, 0.29) is 0 Å². The maximum absolute atomic E-state index is 10.9. The van der Waals surface area contributed by atoms with Gasteiger partial charge in [0, 0.05) is 10.6 Å². The molecule has 3 nitrogen and oxygen atoms in total. The van der Waals surface area contributed by atoms with Crippen molar-refractivity contribution in [1.29, 1.82) is 0 Å². The molecule has 0 fully saturated rings. The highest BCUT2D eigenvalue weighted by Crippen LogP contribution is 2.34. The average molecular weight is 715 g/mol. The second-order valence-corrected chi connectivity index (χ2v) is 13.7. The van der Waals surface area contributed by atoms with Gasteiger partial charge in [-0.25, -0.2) is 4.79 Å². The Bertz CT molecular complexity index is 2150. The molecule has 0 spiro atoms. The Morgan fingerprint density at radius 2 is 0.923 bits per heavy atom. The maximum Gasteiger partial charge on any atom is 0.341 e. The number of rotatable bonds is 12. The van der Waals surface area contributed by atoms with Crippen molar-refractivity contribution in [3.05, 3.63) is 198 Å². The van der Waals surface area contributed by atoms with Gasteiger partial charge in [0.2, 0.25) is 0 Å². The Hall–Kier alpha value is -5.81. The zero-order chi connectivity index (χ0) is 35.7. The molecule has 7 aromatic rings. The lowest BCUT2D eigenvalue weighted by Gasteiger charge is -2.12. The van der Waals surface area contributed by atoms with Crippen LogP contribution in [0.3, 0.4) is 0 Å². The van der Waals surface area contributed by atoms with Crippen LogP contribution in [0.5, 0.6) is 5.75 Å². The van der Waals surface area contributed by atoms with Crippen LogP contribution in [0.1, 0.15) is 11.1 Å². The number of carbonyl (C=O) groups is 1. The van der Waals surface area contributed by atoms with Gasteiger partial charge in [0.15, 0.2) is 6.61 Å². The van der Waals surface area contributed by atoms with E-state index in [0.717, 1.165) is 32.7 Å². The number of thioether (sulfide) groups is 1. The van der Waals surface area contributed by atoms with Crippen LogP contribution in [-0.4, -0.2) is 23.4 Å². The Kier molecular flexibility index (Phi) is 11.0. The van der Waals surface area contributed by atoms with Gasteiger partial charge in [-0.2, -0.15) is 0 Å². The van der Waals surface area contributed by atoms with E-state index < -0.39 is 12.6 Å². The summed E-state index contributed by atoms with van der Waals surface area (Å²) in [6.45, 7) is -0.437. The van der Waals surface area contributed by atoms with Crippen LogP contribution < -0.4 is 4.74 Å². The van der Waals surface area contributed by atoms with E-state index >= 15 is 0 Å². The van der Waals surface area contributed by atoms with Crippen molar-refractivity contribution in [3.8, 4) is 50.3 Å². The van der Waals surface area contributed by atoms with Gasteiger partial charge in [-0.05, 0) is 79.4 Å². The molecule has 254 valence electrons. The molecular weight excluding hydrogens is 680 g/mol. The van der Waals surface area contributed by atoms with Gasteiger partial charge in [-0.3, -0.25) is 0 Å². The lowest BCUT2D eigenvalue weighted by Crippen LogP contribution is -2.09. The summed E-state index contributed by atoms with van der Waals surface area (Å²) in [5, 5.41) is 9.33. The summed E-state index contributed by atoms with van der Waals surface area (Å²) in [5.74, 6) is 0.0104. The number of hydrogen-bond donors (Lipinski definition) is 1. The summed E-state index contributed by atoms with van der Waals surface area (Å²) in [4.78, 5) is 11.9. The molecule has 0 aliphatic rings. The second kappa shape index (κ2) is 16.5. The van der Waals surface area contributed by atoms with Crippen molar-refractivity contribution in [2.75, 3.05) is 12.4 Å². The van der Waals surface area contributed by atoms with E-state index in [1.807, 2.05) is 24.3 Å². The fourth-order valence-electron chi connectivity index (χ4n) is 6.11. The first-order valence-electron chi connectivity index (χ1n) is 17.0. The van der Waals surface area contributed by atoms with Gasteiger partial charge >= 0.3 is 5.97 Å². The molecule has 5 heteroatoms. The van der Waals surface area contributed by atoms with Crippen molar-refractivity contribution in [2.24, 2.45) is 0 Å². The predicted molar refractivity (Wildman–Crippen MR) is 217 cm³/mol. The quantitative estimate of drug-likeness (QED) is 0.128. The number of ether oxygens (including phenoxy) is 1. The van der Waals surface area contributed by atoms with Gasteiger partial charge in [0.25, 0.3) is 0 Å². The summed E-state index contributed by atoms with van der Waals surface area (Å²) in [6.07, 6.45) is 2.25. The number of carboxylic acids is 1. The van der Waals surface area contributed by atoms with Crippen molar-refractivity contribution >= 4 is 34.9 Å². The Morgan fingerprint density at radius 3 is 1.31 bits per heavy atom. The van der Waals surface area contributed by atoms with Crippen molar-refractivity contribution < 1.29 is 14.6 Å². The number of benzene rings is 7. The minimum absolute atomic E-state index is 0.356. The van der Waals surface area contributed by atoms with Crippen LogP contribution in [0, 0.1) is 0 Å². The third kappa shape index (κ3) is 8.55. The monoisotopic (exact) mass is 714 g/mol. The maximum atomic E-state index is 10.9. The highest BCUT2D eigenvalue weighted by molar-refractivity contribution is 7.99. The van der Waals surface area contributed by atoms with E-state index in [0.29, 0.717) is 16.5 Å². The van der Waals surface area contributed by atoms with Crippen molar-refractivity contribution in [3.63, 3.8) is 0 Å². The number of aliphatic carboxylic acids is 1. The molecule has 7 aromatic carbocycles. The summed E-state index contributed by atoms with van der Waals surface area (Å²) >= 11 is 8.06. The molecule has 0 atom stereocenters. The smallest absolute Gasteiger partial charge is 0.341 e. The second-order valence-electron chi connectivity index (χ2n) is 12.2. The lowest BCUT2D eigenvalue weighted by molar-refractivity contribution is -0.139. The van der Waals surface area contributed by atoms with Crippen LogP contribution in [0.2, 0.25) is 5.02 Å². The molecule has 0 saturated carbocycles. The Labute approximate surface area is 313 Å². The minimum atomic E-state index is -1.05. The molecule has 0 heterocycles. The summed E-state index contributed by atoms with van der Waals surface area (Å²) in [5.41, 5.74) is 12.8. The fraction of sp³-hybridized carbons (Fsp3) is 0.0426. The third-order valence-electron chi connectivity index (χ3n) is 8.83. The van der Waals surface area contributed by atoms with E-state index in [9.17, 15) is 4.79 Å². The molecule has 0 amide bonds. The van der Waals surface area contributed by atoms with Gasteiger partial charge in [-0.1, -0.05) is 175 Å². The molecule has 7 rings (SSSR count). The largest absolute Gasteiger partial charge is 0.480 e. The van der Waals surface area contributed by atoms with Gasteiger partial charge in [-0.15, -0.1) is 11.8 Å². The predicted octanol–water partition coefficient (Wildman–Crippen LogP) is 12.7. The SMILES string of the molecule is O=C(O)COc1ccc(SCC=C(c2ccc(-c3ccc(-c4ccccc4)cc3)cc2)c2ccc(-c3ccc(-c4ccccc4)cc3)cc2)cc1Cl. The zero-order valence-electron chi connectivity index (χ0n) is 28.3. The topological polar surface area (TPSA) is 46.5 Å². The number of halogens is 1. The van der Waals surface area contributed by atoms with Crippen molar-refractivity contribution in [1.82, 2.24) is 0 Å². The van der Waals surface area contributed by atoms with E-state index in [4.69, 9.17) is 21.4 Å². The first-order chi connectivity index (χ1) is 25.5. The van der Waals surface area contributed by atoms with E-state index in [2.05, 4.69) is 152 Å². The van der Waals surface area contributed by atoms with E-state index in [1.165, 1.54) is 33.4 Å². The summed E-state index contributed by atoms with van der Waals surface area (Å²) in [6, 6.07) is 61.2. The molecular formula is C47H35ClO3S. The first-order valence-corrected chi connectivity index (χ1v) is 18.4. The highest BCUT2D eigenvalue weighted by Gasteiger charge is 2.10. The standard InChI is InChI=1S/C47H35ClO3S/c48-45-31-43(27-28-46(45)51-32-47(49)50)52-30-29-44(41-23-19-39(20-24-41)37-15-11-35(12-16-37)33-7-3-1-4-8-33)42-25-21-40(22-26-42)38-17-13-36(14-18-38)34-9-5-2-6-10-34/h1-29,31H,30,32H2,(H,49,50). The van der Waals surface area contributed by atoms with Crippen LogP contribution in [-0.2, 0) is 4.79 Å². The Balaban J connectivity index is 1.13. The average Bonchev–Trinajstić information content (AvgIpc) is 3.20. The van der Waals surface area contributed by atoms with Crippen LogP contribution >= 0.6 is 23.4 Å². The molecule has 0 saturated heterocycles. The summed E-state index contributed by atoms with van der Waals surface area (Å²) < 4.78 is 5.29. The number of hydrogen-bond acceptors (Lipinski definition) is 3. The molecule has 0 aromatic heterocycles. The minimum Gasteiger partial charge on any atom is -0.480 e. The molecule has 1 N–H and O–H groups in total. The molecule has 0 aliphatic carbocycles. The van der Waals surface area contributed by atoms with Crippen molar-refractivity contribution in [2.45, 2.75) is 4.90 Å². The normalized spacial score (nSPS) is 10.8. The third-order valence-corrected chi connectivity index (χ3v) is 10.1. The fourth-order valence-corrected chi connectivity index (χ4v) is 7.22. The van der Waals surface area contributed by atoms with Gasteiger partial charge in [0.1, 0.15) is 5.75 Å². The lowest BCUT2D eigenvalue weighted by atomic mass is 9.93. The highest BCUT2D eigenvalue weighted by atomic mass is 35.5. The summed E-state index contributed by atoms with van der Waals surface area (Å²) in [7, 11) is 0. The molecule has 52 heavy (non-hydrogen) atoms. The number of carboxylic acid groups (broad SMARTS) is 1. The first kappa shape index (κ1) is 34.6.